The third-order valence-electron chi connectivity index (χ3n) is 3.34. The summed E-state index contributed by atoms with van der Waals surface area (Å²) in [5.74, 6) is -0.0189. The zero-order chi connectivity index (χ0) is 15.5. The SMILES string of the molecule is CCCCCNc1ccc2c(S(=O)(=O)O)ccc(O)c2c1. The van der Waals surface area contributed by atoms with Crippen LogP contribution in [0.2, 0.25) is 0 Å². The quantitative estimate of drug-likeness (QED) is 0.562. The van der Waals surface area contributed by atoms with Gasteiger partial charge in [0.1, 0.15) is 10.6 Å². The van der Waals surface area contributed by atoms with Crippen molar-refractivity contribution in [2.45, 2.75) is 31.1 Å². The number of aromatic hydroxyl groups is 1. The molecule has 0 aliphatic rings. The third-order valence-corrected chi connectivity index (χ3v) is 4.25. The van der Waals surface area contributed by atoms with Gasteiger partial charge in [-0.1, -0.05) is 25.8 Å². The average Bonchev–Trinajstić information content (AvgIpc) is 2.43. The summed E-state index contributed by atoms with van der Waals surface area (Å²) >= 11 is 0. The molecule has 0 bridgehead atoms. The van der Waals surface area contributed by atoms with Gasteiger partial charge >= 0.3 is 0 Å². The summed E-state index contributed by atoms with van der Waals surface area (Å²) < 4.78 is 31.9. The van der Waals surface area contributed by atoms with E-state index in [0.717, 1.165) is 31.5 Å². The minimum Gasteiger partial charge on any atom is -0.507 e. The second kappa shape index (κ2) is 6.32. The standard InChI is InChI=1S/C15H19NO4S/c1-2-3-4-9-16-11-5-6-12-13(10-11)14(17)7-8-15(12)21(18,19)20/h5-8,10,16-17H,2-4,9H2,1H3,(H,18,19,20). The predicted octanol–water partition coefficient (Wildman–Crippen LogP) is 3.39. The number of unbranched alkanes of at least 4 members (excludes halogenated alkanes) is 2. The monoisotopic (exact) mass is 309 g/mol. The fourth-order valence-corrected chi connectivity index (χ4v) is 2.94. The van der Waals surface area contributed by atoms with Gasteiger partial charge in [-0.05, 0) is 30.7 Å². The highest BCUT2D eigenvalue weighted by Crippen LogP contribution is 2.32. The number of anilines is 1. The normalized spacial score (nSPS) is 11.7. The molecular weight excluding hydrogens is 290 g/mol. The second-order valence-corrected chi connectivity index (χ2v) is 6.34. The molecule has 0 fully saturated rings. The molecule has 0 aliphatic heterocycles. The maximum absolute atomic E-state index is 11.3. The van der Waals surface area contributed by atoms with Gasteiger partial charge in [0.2, 0.25) is 0 Å². The van der Waals surface area contributed by atoms with Crippen LogP contribution in [0, 0.1) is 0 Å². The van der Waals surface area contributed by atoms with Crippen LogP contribution < -0.4 is 5.32 Å². The van der Waals surface area contributed by atoms with Gasteiger partial charge in [0.25, 0.3) is 10.1 Å². The van der Waals surface area contributed by atoms with Gasteiger partial charge in [-0.2, -0.15) is 8.42 Å². The van der Waals surface area contributed by atoms with Gasteiger partial charge in [-0.3, -0.25) is 4.55 Å². The zero-order valence-electron chi connectivity index (χ0n) is 11.8. The Labute approximate surface area is 124 Å². The van der Waals surface area contributed by atoms with Crippen molar-refractivity contribution < 1.29 is 18.1 Å². The fourth-order valence-electron chi connectivity index (χ4n) is 2.25. The molecule has 0 radical (unpaired) electrons. The Morgan fingerprint density at radius 2 is 1.86 bits per heavy atom. The van der Waals surface area contributed by atoms with E-state index in [9.17, 15) is 18.1 Å². The van der Waals surface area contributed by atoms with E-state index in [1.165, 1.54) is 12.1 Å². The van der Waals surface area contributed by atoms with Crippen LogP contribution in [0.4, 0.5) is 5.69 Å². The van der Waals surface area contributed by atoms with Crippen molar-refractivity contribution in [1.29, 1.82) is 0 Å². The summed E-state index contributed by atoms with van der Waals surface area (Å²) in [6.45, 7) is 2.95. The number of nitrogens with one attached hydrogen (secondary N) is 1. The summed E-state index contributed by atoms with van der Waals surface area (Å²) in [7, 11) is -4.31. The lowest BCUT2D eigenvalue weighted by molar-refractivity contribution is 0.479. The van der Waals surface area contributed by atoms with E-state index in [0.29, 0.717) is 10.8 Å². The molecule has 114 valence electrons. The molecular formula is C15H19NO4S. The van der Waals surface area contributed by atoms with Gasteiger partial charge < -0.3 is 10.4 Å². The van der Waals surface area contributed by atoms with Crippen LogP contribution >= 0.6 is 0 Å². The topological polar surface area (TPSA) is 86.6 Å². The fraction of sp³-hybridized carbons (Fsp3) is 0.333. The number of phenolic OH excluding ortho intramolecular Hbond substituents is 1. The lowest BCUT2D eigenvalue weighted by atomic mass is 10.1. The molecule has 2 aromatic carbocycles. The van der Waals surface area contributed by atoms with Crippen molar-refractivity contribution in [3.05, 3.63) is 30.3 Å². The number of fused-ring (bicyclic) bond motifs is 1. The van der Waals surface area contributed by atoms with Crippen molar-refractivity contribution in [3.63, 3.8) is 0 Å². The minimum absolute atomic E-state index is 0.0189. The molecule has 3 N–H and O–H groups in total. The van der Waals surface area contributed by atoms with E-state index in [1.807, 2.05) is 0 Å². The smallest absolute Gasteiger partial charge is 0.295 e. The largest absolute Gasteiger partial charge is 0.507 e. The van der Waals surface area contributed by atoms with E-state index in [4.69, 9.17) is 0 Å². The number of rotatable bonds is 6. The number of hydrogen-bond donors (Lipinski definition) is 3. The summed E-state index contributed by atoms with van der Waals surface area (Å²) in [6.07, 6.45) is 3.32. The summed E-state index contributed by atoms with van der Waals surface area (Å²) in [5, 5.41) is 13.8. The number of hydrogen-bond acceptors (Lipinski definition) is 4. The van der Waals surface area contributed by atoms with Crippen LogP contribution in [0.1, 0.15) is 26.2 Å². The summed E-state index contributed by atoms with van der Waals surface area (Å²) in [6, 6.07) is 7.47. The maximum atomic E-state index is 11.3. The Morgan fingerprint density at radius 3 is 2.52 bits per heavy atom. The highest BCUT2D eigenvalue weighted by molar-refractivity contribution is 7.86. The number of benzene rings is 2. The lowest BCUT2D eigenvalue weighted by Crippen LogP contribution is -2.02. The summed E-state index contributed by atoms with van der Waals surface area (Å²) in [4.78, 5) is -0.201. The lowest BCUT2D eigenvalue weighted by Gasteiger charge is -2.10. The highest BCUT2D eigenvalue weighted by atomic mass is 32.2. The Bertz CT molecular complexity index is 741. The molecule has 0 unspecified atom stereocenters. The molecule has 5 nitrogen and oxygen atoms in total. The van der Waals surface area contributed by atoms with Crippen LogP contribution in [0.25, 0.3) is 10.8 Å². The molecule has 2 aromatic rings. The summed E-state index contributed by atoms with van der Waals surface area (Å²) in [5.41, 5.74) is 0.807. The molecule has 0 spiro atoms. The molecule has 6 heteroatoms. The third kappa shape index (κ3) is 3.65. The molecule has 0 aliphatic carbocycles. The first-order valence-electron chi connectivity index (χ1n) is 6.90. The Balaban J connectivity index is 2.37. The molecule has 0 aromatic heterocycles. The molecule has 0 saturated carbocycles. The second-order valence-electron chi connectivity index (χ2n) is 4.95. The van der Waals surface area contributed by atoms with E-state index in [2.05, 4.69) is 12.2 Å². The molecule has 2 rings (SSSR count). The van der Waals surface area contributed by atoms with Crippen molar-refractivity contribution in [1.82, 2.24) is 0 Å². The highest BCUT2D eigenvalue weighted by Gasteiger charge is 2.15. The Hall–Kier alpha value is -1.79. The molecule has 0 atom stereocenters. The van der Waals surface area contributed by atoms with Crippen LogP contribution in [0.3, 0.4) is 0 Å². The van der Waals surface area contributed by atoms with Crippen molar-refractivity contribution in [3.8, 4) is 5.75 Å². The first-order valence-corrected chi connectivity index (χ1v) is 8.34. The first-order chi connectivity index (χ1) is 9.93. The Morgan fingerprint density at radius 1 is 1.10 bits per heavy atom. The van der Waals surface area contributed by atoms with Gasteiger partial charge in [0, 0.05) is 23.0 Å². The average molecular weight is 309 g/mol. The maximum Gasteiger partial charge on any atom is 0.295 e. The van der Waals surface area contributed by atoms with E-state index in [-0.39, 0.29) is 10.6 Å². The predicted molar refractivity (Wildman–Crippen MR) is 83.4 cm³/mol. The first kappa shape index (κ1) is 15.6. The number of phenols is 1. The van der Waals surface area contributed by atoms with Gasteiger partial charge in [-0.15, -0.1) is 0 Å². The molecule has 0 saturated heterocycles. The van der Waals surface area contributed by atoms with E-state index >= 15 is 0 Å². The van der Waals surface area contributed by atoms with Gasteiger partial charge in [-0.25, -0.2) is 0 Å². The zero-order valence-corrected chi connectivity index (χ0v) is 12.7. The van der Waals surface area contributed by atoms with Crippen LogP contribution in [-0.2, 0) is 10.1 Å². The van der Waals surface area contributed by atoms with E-state index in [1.54, 1.807) is 18.2 Å². The minimum atomic E-state index is -4.31. The van der Waals surface area contributed by atoms with Crippen LogP contribution in [0.5, 0.6) is 5.75 Å². The van der Waals surface area contributed by atoms with Crippen LogP contribution in [-0.4, -0.2) is 24.6 Å². The van der Waals surface area contributed by atoms with Crippen molar-refractivity contribution in [2.24, 2.45) is 0 Å². The van der Waals surface area contributed by atoms with Gasteiger partial charge in [0.15, 0.2) is 0 Å². The molecule has 21 heavy (non-hydrogen) atoms. The van der Waals surface area contributed by atoms with Crippen molar-refractivity contribution in [2.75, 3.05) is 11.9 Å². The van der Waals surface area contributed by atoms with Gasteiger partial charge in [0.05, 0.1) is 0 Å². The van der Waals surface area contributed by atoms with Crippen LogP contribution in [0.15, 0.2) is 35.2 Å². The van der Waals surface area contributed by atoms with E-state index < -0.39 is 10.1 Å². The Kier molecular flexibility index (Phi) is 4.69. The van der Waals surface area contributed by atoms with Crippen molar-refractivity contribution >= 4 is 26.6 Å². The molecule has 0 heterocycles. The molecule has 0 amide bonds.